The summed E-state index contributed by atoms with van der Waals surface area (Å²) in [6.45, 7) is 11.5. The number of aryl methyl sites for hydroxylation is 1. The number of anilines is 1. The zero-order valence-corrected chi connectivity index (χ0v) is 17.9. The Bertz CT molecular complexity index is 732. The first kappa shape index (κ1) is 21.8. The van der Waals surface area contributed by atoms with Gasteiger partial charge in [0.15, 0.2) is 5.78 Å². The van der Waals surface area contributed by atoms with Gasteiger partial charge in [-0.25, -0.2) is 0 Å². The highest BCUT2D eigenvalue weighted by Gasteiger charge is 2.32. The molecular formula is C23H34N2O4. The van der Waals surface area contributed by atoms with Gasteiger partial charge in [-0.2, -0.15) is 0 Å². The van der Waals surface area contributed by atoms with Crippen molar-refractivity contribution in [3.63, 3.8) is 0 Å². The molecule has 6 nitrogen and oxygen atoms in total. The monoisotopic (exact) mass is 402 g/mol. The van der Waals surface area contributed by atoms with Crippen LogP contribution in [0.5, 0.6) is 0 Å². The molecule has 0 atom stereocenters. The molecular weight excluding hydrogens is 368 g/mol. The Labute approximate surface area is 173 Å². The molecule has 160 valence electrons. The lowest BCUT2D eigenvalue weighted by Crippen LogP contribution is -2.49. The molecule has 29 heavy (non-hydrogen) atoms. The molecule has 0 saturated carbocycles. The number of nitrogens with zero attached hydrogens (tertiary/aromatic N) is 2. The first-order valence-electron chi connectivity index (χ1n) is 10.8. The fourth-order valence-electron chi connectivity index (χ4n) is 4.48. The van der Waals surface area contributed by atoms with Crippen LogP contribution in [-0.4, -0.2) is 67.2 Å². The molecule has 0 radical (unpaired) electrons. The fourth-order valence-corrected chi connectivity index (χ4v) is 4.48. The van der Waals surface area contributed by atoms with E-state index in [0.29, 0.717) is 6.04 Å². The van der Waals surface area contributed by atoms with Gasteiger partial charge in [0, 0.05) is 43.3 Å². The Balaban J connectivity index is 1.76. The standard InChI is InChI=1S/C23H34N2O4/c1-4-17-5-6-18(23(2,3)21(26)16-22(27)28)15-20(17)25-9-7-19(8-10-25)24-11-13-29-14-12-24/h5-6,15,19H,4,7-14,16H2,1-3H3,(H,27,28). The van der Waals surface area contributed by atoms with Crippen LogP contribution in [0.15, 0.2) is 18.2 Å². The van der Waals surface area contributed by atoms with Crippen LogP contribution in [0.1, 0.15) is 51.2 Å². The minimum atomic E-state index is -1.07. The molecule has 2 fully saturated rings. The number of carbonyl (C=O) groups excluding carboxylic acids is 1. The maximum Gasteiger partial charge on any atom is 0.310 e. The van der Waals surface area contributed by atoms with Crippen molar-refractivity contribution in [2.45, 2.75) is 57.9 Å². The highest BCUT2D eigenvalue weighted by molar-refractivity contribution is 6.00. The first-order valence-corrected chi connectivity index (χ1v) is 10.8. The lowest BCUT2D eigenvalue weighted by molar-refractivity contribution is -0.141. The first-order chi connectivity index (χ1) is 13.8. The van der Waals surface area contributed by atoms with Crippen molar-refractivity contribution in [2.24, 2.45) is 0 Å². The number of ketones is 1. The van der Waals surface area contributed by atoms with Crippen LogP contribution in [-0.2, 0) is 26.2 Å². The Hall–Kier alpha value is -1.92. The third kappa shape index (κ3) is 4.98. The van der Waals surface area contributed by atoms with Gasteiger partial charge in [0.2, 0.25) is 0 Å². The number of benzene rings is 1. The number of morpholine rings is 1. The molecule has 1 aromatic carbocycles. The minimum Gasteiger partial charge on any atom is -0.481 e. The molecule has 0 aliphatic carbocycles. The van der Waals surface area contributed by atoms with Crippen molar-refractivity contribution in [3.8, 4) is 0 Å². The Morgan fingerprint density at radius 3 is 2.38 bits per heavy atom. The van der Waals surface area contributed by atoms with Crippen molar-refractivity contribution >= 4 is 17.4 Å². The van der Waals surface area contributed by atoms with Gasteiger partial charge in [-0.1, -0.05) is 19.1 Å². The summed E-state index contributed by atoms with van der Waals surface area (Å²) < 4.78 is 5.48. The van der Waals surface area contributed by atoms with Crippen LogP contribution < -0.4 is 4.90 Å². The van der Waals surface area contributed by atoms with E-state index in [4.69, 9.17) is 9.84 Å². The predicted octanol–water partition coefficient (Wildman–Crippen LogP) is 2.87. The van der Waals surface area contributed by atoms with E-state index in [2.05, 4.69) is 28.9 Å². The number of hydrogen-bond donors (Lipinski definition) is 1. The molecule has 6 heteroatoms. The number of rotatable bonds is 7. The number of carbonyl (C=O) groups is 2. The third-order valence-corrected chi connectivity index (χ3v) is 6.56. The van der Waals surface area contributed by atoms with Crippen LogP contribution in [0, 0.1) is 0 Å². The number of aliphatic carboxylic acids is 1. The molecule has 0 spiro atoms. The third-order valence-electron chi connectivity index (χ3n) is 6.56. The molecule has 1 N–H and O–H groups in total. The smallest absolute Gasteiger partial charge is 0.310 e. The summed E-state index contributed by atoms with van der Waals surface area (Å²) in [5, 5.41) is 9.03. The highest BCUT2D eigenvalue weighted by atomic mass is 16.5. The number of piperidine rings is 1. The molecule has 0 amide bonds. The molecule has 2 saturated heterocycles. The second-order valence-electron chi connectivity index (χ2n) is 8.68. The molecule has 2 aliphatic heterocycles. The van der Waals surface area contributed by atoms with Gasteiger partial charge >= 0.3 is 5.97 Å². The van der Waals surface area contributed by atoms with Crippen LogP contribution in [0.2, 0.25) is 0 Å². The predicted molar refractivity (Wildman–Crippen MR) is 114 cm³/mol. The van der Waals surface area contributed by atoms with Gasteiger partial charge < -0.3 is 14.7 Å². The number of carboxylic acids is 1. The van der Waals surface area contributed by atoms with Crippen LogP contribution in [0.4, 0.5) is 5.69 Å². The maximum absolute atomic E-state index is 12.5. The number of hydrogen-bond acceptors (Lipinski definition) is 5. The quantitative estimate of drug-likeness (QED) is 0.707. The summed E-state index contributed by atoms with van der Waals surface area (Å²) in [6, 6.07) is 6.84. The van der Waals surface area contributed by atoms with E-state index in [-0.39, 0.29) is 5.78 Å². The van der Waals surface area contributed by atoms with Gasteiger partial charge in [-0.05, 0) is 50.3 Å². The Morgan fingerprint density at radius 2 is 1.79 bits per heavy atom. The van der Waals surface area contributed by atoms with Crippen molar-refractivity contribution < 1.29 is 19.4 Å². The summed E-state index contributed by atoms with van der Waals surface area (Å²) in [4.78, 5) is 28.6. The van der Waals surface area contributed by atoms with Crippen molar-refractivity contribution in [3.05, 3.63) is 29.3 Å². The van der Waals surface area contributed by atoms with E-state index in [9.17, 15) is 9.59 Å². The van der Waals surface area contributed by atoms with Crippen molar-refractivity contribution in [2.75, 3.05) is 44.3 Å². The van der Waals surface area contributed by atoms with E-state index < -0.39 is 17.8 Å². The van der Waals surface area contributed by atoms with Crippen LogP contribution in [0.25, 0.3) is 0 Å². The molecule has 3 rings (SSSR count). The second kappa shape index (κ2) is 9.26. The lowest BCUT2D eigenvalue weighted by atomic mass is 9.78. The van der Waals surface area contributed by atoms with Crippen LogP contribution in [0.3, 0.4) is 0 Å². The SMILES string of the molecule is CCc1ccc(C(C)(C)C(=O)CC(=O)O)cc1N1CCC(N2CCOCC2)CC1. The van der Waals surface area contributed by atoms with Crippen molar-refractivity contribution in [1.82, 2.24) is 4.90 Å². The van der Waals surface area contributed by atoms with Gasteiger partial charge in [-0.3, -0.25) is 14.5 Å². The summed E-state index contributed by atoms with van der Waals surface area (Å²) in [6.07, 6.45) is 2.76. The fraction of sp³-hybridized carbons (Fsp3) is 0.652. The normalized spacial score (nSPS) is 19.3. The number of carboxylic acid groups (broad SMARTS) is 1. The van der Waals surface area contributed by atoms with Gasteiger partial charge in [-0.15, -0.1) is 0 Å². The largest absolute Gasteiger partial charge is 0.481 e. The number of Topliss-reactive ketones (excluding diaryl/α,β-unsaturated/α-hetero) is 1. The Kier molecular flexibility index (Phi) is 6.96. The van der Waals surface area contributed by atoms with E-state index in [1.54, 1.807) is 0 Å². The van der Waals surface area contributed by atoms with Crippen molar-refractivity contribution in [1.29, 1.82) is 0 Å². The molecule has 0 bridgehead atoms. The van der Waals surface area contributed by atoms with Crippen LogP contribution >= 0.6 is 0 Å². The van der Waals surface area contributed by atoms with E-state index in [1.165, 1.54) is 11.3 Å². The van der Waals surface area contributed by atoms with E-state index in [0.717, 1.165) is 64.2 Å². The van der Waals surface area contributed by atoms with Gasteiger partial charge in [0.1, 0.15) is 6.42 Å². The zero-order chi connectivity index (χ0) is 21.0. The van der Waals surface area contributed by atoms with Gasteiger partial charge in [0.05, 0.1) is 13.2 Å². The molecule has 0 unspecified atom stereocenters. The second-order valence-corrected chi connectivity index (χ2v) is 8.68. The van der Waals surface area contributed by atoms with E-state index >= 15 is 0 Å². The zero-order valence-electron chi connectivity index (χ0n) is 17.9. The maximum atomic E-state index is 12.5. The topological polar surface area (TPSA) is 70.1 Å². The molecule has 0 aromatic heterocycles. The highest BCUT2D eigenvalue weighted by Crippen LogP contribution is 2.33. The molecule has 2 aliphatic rings. The lowest BCUT2D eigenvalue weighted by Gasteiger charge is -2.41. The molecule has 2 heterocycles. The Morgan fingerprint density at radius 1 is 1.14 bits per heavy atom. The summed E-state index contributed by atoms with van der Waals surface area (Å²) in [5.74, 6) is -1.33. The minimum absolute atomic E-state index is 0.258. The van der Waals surface area contributed by atoms with Gasteiger partial charge in [0.25, 0.3) is 0 Å². The summed E-state index contributed by atoms with van der Waals surface area (Å²) in [5.41, 5.74) is 2.55. The summed E-state index contributed by atoms with van der Waals surface area (Å²) in [7, 11) is 0. The van der Waals surface area contributed by atoms with E-state index in [1.807, 2.05) is 19.9 Å². The average molecular weight is 403 g/mol. The average Bonchev–Trinajstić information content (AvgIpc) is 2.73. The number of ether oxygens (including phenoxy) is 1. The summed E-state index contributed by atoms with van der Waals surface area (Å²) >= 11 is 0. The molecule has 1 aromatic rings.